The lowest BCUT2D eigenvalue weighted by atomic mass is 9.98. The molecule has 4 N–H and O–H groups in total. The van der Waals surface area contributed by atoms with Crippen molar-refractivity contribution in [2.75, 3.05) is 0 Å². The van der Waals surface area contributed by atoms with Gasteiger partial charge in [-0.3, -0.25) is 9.59 Å². The number of carbonyl (C=O) groups is 2. The standard InChI is InChI=1S/C28H29FN4O5/c1-17(2)26-24(12-11-22(34)13-23(35)14-25(36)37)33(21-9-7-20(29)8-10-21)32-27(26)28(38)31-16-19-5-3-18(15-30)4-6-19/h3-12,17,22-23,34-35H,13-14,16H2,1-2H3,(H,31,38)(H,36,37)/b12-11+/t22-,23-/m1/s1. The third-order valence-corrected chi connectivity index (χ3v) is 5.76. The van der Waals surface area contributed by atoms with Gasteiger partial charge in [-0.05, 0) is 54.0 Å². The summed E-state index contributed by atoms with van der Waals surface area (Å²) >= 11 is 0. The van der Waals surface area contributed by atoms with Gasteiger partial charge in [-0.15, -0.1) is 0 Å². The monoisotopic (exact) mass is 520 g/mol. The fourth-order valence-electron chi connectivity index (χ4n) is 3.93. The Balaban J connectivity index is 1.96. The predicted molar refractivity (Wildman–Crippen MR) is 138 cm³/mol. The molecule has 0 saturated carbocycles. The van der Waals surface area contributed by atoms with Crippen molar-refractivity contribution >= 4 is 18.0 Å². The summed E-state index contributed by atoms with van der Waals surface area (Å²) in [5.41, 5.74) is 3.00. The number of hydrogen-bond acceptors (Lipinski definition) is 6. The van der Waals surface area contributed by atoms with Crippen LogP contribution in [0.25, 0.3) is 11.8 Å². The van der Waals surface area contributed by atoms with Gasteiger partial charge in [0.2, 0.25) is 0 Å². The molecular formula is C28H29FN4O5. The third-order valence-electron chi connectivity index (χ3n) is 5.76. The van der Waals surface area contributed by atoms with E-state index >= 15 is 0 Å². The topological polar surface area (TPSA) is 148 Å². The maximum Gasteiger partial charge on any atom is 0.305 e. The first-order valence-corrected chi connectivity index (χ1v) is 12.0. The number of aliphatic hydroxyl groups excluding tert-OH is 2. The zero-order valence-corrected chi connectivity index (χ0v) is 21.0. The van der Waals surface area contributed by atoms with Gasteiger partial charge in [0.15, 0.2) is 5.69 Å². The molecule has 2 aromatic carbocycles. The van der Waals surface area contributed by atoms with Crippen LogP contribution in [0.15, 0.2) is 54.6 Å². The Morgan fingerprint density at radius 2 is 1.79 bits per heavy atom. The maximum atomic E-state index is 13.6. The molecule has 0 aliphatic carbocycles. The number of carbonyl (C=O) groups excluding carboxylic acids is 1. The van der Waals surface area contributed by atoms with E-state index < -0.39 is 36.3 Å². The van der Waals surface area contributed by atoms with Gasteiger partial charge >= 0.3 is 5.97 Å². The van der Waals surface area contributed by atoms with Crippen LogP contribution in [0.3, 0.4) is 0 Å². The average molecular weight is 521 g/mol. The van der Waals surface area contributed by atoms with Gasteiger partial charge in [-0.1, -0.05) is 32.1 Å². The summed E-state index contributed by atoms with van der Waals surface area (Å²) in [7, 11) is 0. The van der Waals surface area contributed by atoms with Crippen LogP contribution in [0, 0.1) is 17.1 Å². The van der Waals surface area contributed by atoms with E-state index in [4.69, 9.17) is 10.4 Å². The highest BCUT2D eigenvalue weighted by atomic mass is 19.1. The number of aliphatic carboxylic acids is 1. The summed E-state index contributed by atoms with van der Waals surface area (Å²) in [6.45, 7) is 3.97. The fourth-order valence-corrected chi connectivity index (χ4v) is 3.93. The molecule has 2 atom stereocenters. The molecular weight excluding hydrogens is 491 g/mol. The largest absolute Gasteiger partial charge is 0.481 e. The summed E-state index contributed by atoms with van der Waals surface area (Å²) in [6.07, 6.45) is -0.133. The first-order chi connectivity index (χ1) is 18.1. The summed E-state index contributed by atoms with van der Waals surface area (Å²) in [4.78, 5) is 24.0. The molecule has 198 valence electrons. The molecule has 0 fully saturated rings. The number of nitriles is 1. The number of hydrogen-bond donors (Lipinski definition) is 4. The first kappa shape index (κ1) is 28.2. The van der Waals surface area contributed by atoms with Crippen molar-refractivity contribution in [2.45, 2.75) is 51.4 Å². The van der Waals surface area contributed by atoms with Crippen LogP contribution in [0.4, 0.5) is 4.39 Å². The van der Waals surface area contributed by atoms with Crippen LogP contribution in [0.5, 0.6) is 0 Å². The number of rotatable bonds is 11. The zero-order chi connectivity index (χ0) is 27.8. The summed E-state index contributed by atoms with van der Waals surface area (Å²) in [5, 5.41) is 45.4. The van der Waals surface area contributed by atoms with Crippen LogP contribution >= 0.6 is 0 Å². The Morgan fingerprint density at radius 1 is 1.13 bits per heavy atom. The molecule has 9 nitrogen and oxygen atoms in total. The van der Waals surface area contributed by atoms with Gasteiger partial charge in [0, 0.05) is 18.5 Å². The van der Waals surface area contributed by atoms with E-state index in [-0.39, 0.29) is 24.6 Å². The molecule has 0 bridgehead atoms. The molecule has 3 rings (SSSR count). The highest BCUT2D eigenvalue weighted by molar-refractivity contribution is 5.95. The molecule has 0 aliphatic heterocycles. The first-order valence-electron chi connectivity index (χ1n) is 12.0. The molecule has 0 spiro atoms. The summed E-state index contributed by atoms with van der Waals surface area (Å²) in [5.74, 6) is -2.23. The van der Waals surface area contributed by atoms with Crippen LogP contribution in [0.1, 0.15) is 65.5 Å². The second kappa shape index (κ2) is 12.8. The van der Waals surface area contributed by atoms with E-state index in [1.165, 1.54) is 35.0 Å². The van der Waals surface area contributed by atoms with Crippen molar-refractivity contribution in [3.05, 3.63) is 88.5 Å². The number of carboxylic acids is 1. The SMILES string of the molecule is CC(C)c1c(C(=O)NCc2ccc(C#N)cc2)nn(-c2ccc(F)cc2)c1/C=C/[C@@H](O)C[C@@H](O)CC(=O)O. The second-order valence-corrected chi connectivity index (χ2v) is 9.10. The molecule has 1 aromatic heterocycles. The molecule has 1 amide bonds. The number of amides is 1. The molecule has 0 unspecified atom stereocenters. The van der Waals surface area contributed by atoms with Gasteiger partial charge in [0.25, 0.3) is 5.91 Å². The van der Waals surface area contributed by atoms with Crippen molar-refractivity contribution in [3.8, 4) is 11.8 Å². The van der Waals surface area contributed by atoms with Crippen LogP contribution in [-0.4, -0.2) is 49.2 Å². The molecule has 3 aromatic rings. The minimum atomic E-state index is -1.23. The molecule has 0 radical (unpaired) electrons. The minimum Gasteiger partial charge on any atom is -0.481 e. The molecule has 1 heterocycles. The highest BCUT2D eigenvalue weighted by Gasteiger charge is 2.25. The Kier molecular flexibility index (Phi) is 9.49. The Bertz CT molecular complexity index is 1340. The van der Waals surface area contributed by atoms with E-state index in [1.807, 2.05) is 19.9 Å². The highest BCUT2D eigenvalue weighted by Crippen LogP contribution is 2.28. The Morgan fingerprint density at radius 3 is 2.37 bits per heavy atom. The van der Waals surface area contributed by atoms with Crippen LogP contribution in [0.2, 0.25) is 0 Å². The smallest absolute Gasteiger partial charge is 0.305 e. The average Bonchev–Trinajstić information content (AvgIpc) is 3.26. The molecule has 0 saturated heterocycles. The van der Waals surface area contributed by atoms with Crippen molar-refractivity contribution < 1.29 is 29.3 Å². The van der Waals surface area contributed by atoms with E-state index in [0.29, 0.717) is 22.5 Å². The molecule has 38 heavy (non-hydrogen) atoms. The Hall–Kier alpha value is -4.33. The molecule has 10 heteroatoms. The van der Waals surface area contributed by atoms with E-state index in [2.05, 4.69) is 10.4 Å². The number of aliphatic hydroxyl groups is 2. The van der Waals surface area contributed by atoms with Gasteiger partial charge < -0.3 is 20.6 Å². The maximum absolute atomic E-state index is 13.6. The number of nitrogens with zero attached hydrogens (tertiary/aromatic N) is 3. The number of carboxylic acid groups (broad SMARTS) is 1. The lowest BCUT2D eigenvalue weighted by Crippen LogP contribution is -2.24. The van der Waals surface area contributed by atoms with Crippen LogP contribution < -0.4 is 5.32 Å². The van der Waals surface area contributed by atoms with E-state index in [0.717, 1.165) is 5.56 Å². The zero-order valence-electron chi connectivity index (χ0n) is 21.0. The van der Waals surface area contributed by atoms with Gasteiger partial charge in [0.1, 0.15) is 5.82 Å². The van der Waals surface area contributed by atoms with Crippen molar-refractivity contribution in [3.63, 3.8) is 0 Å². The second-order valence-electron chi connectivity index (χ2n) is 9.10. The lowest BCUT2D eigenvalue weighted by Gasteiger charge is -2.12. The fraction of sp³-hybridized carbons (Fsp3) is 0.286. The van der Waals surface area contributed by atoms with Gasteiger partial charge in [-0.2, -0.15) is 10.4 Å². The van der Waals surface area contributed by atoms with Gasteiger partial charge in [-0.25, -0.2) is 9.07 Å². The number of benzene rings is 2. The van der Waals surface area contributed by atoms with E-state index in [9.17, 15) is 24.2 Å². The van der Waals surface area contributed by atoms with Crippen molar-refractivity contribution in [1.29, 1.82) is 5.26 Å². The number of halogens is 1. The Labute approximate surface area is 219 Å². The van der Waals surface area contributed by atoms with Crippen molar-refractivity contribution in [1.82, 2.24) is 15.1 Å². The minimum absolute atomic E-state index is 0.151. The van der Waals surface area contributed by atoms with E-state index in [1.54, 1.807) is 30.3 Å². The summed E-state index contributed by atoms with van der Waals surface area (Å²) < 4.78 is 15.1. The van der Waals surface area contributed by atoms with Crippen molar-refractivity contribution in [2.24, 2.45) is 0 Å². The normalized spacial score (nSPS) is 12.9. The molecule has 0 aliphatic rings. The lowest BCUT2D eigenvalue weighted by molar-refractivity contribution is -0.139. The summed E-state index contributed by atoms with van der Waals surface area (Å²) in [6, 6.07) is 14.4. The quantitative estimate of drug-likeness (QED) is 0.302. The number of aromatic nitrogens is 2. The predicted octanol–water partition coefficient (Wildman–Crippen LogP) is 3.54. The third kappa shape index (κ3) is 7.35. The van der Waals surface area contributed by atoms with Gasteiger partial charge in [0.05, 0.1) is 41.6 Å². The van der Waals surface area contributed by atoms with Crippen LogP contribution in [-0.2, 0) is 11.3 Å². The number of nitrogens with one attached hydrogen (secondary N) is 1.